The number of carbonyl (C=O) groups excluding carboxylic acids is 3. The van der Waals surface area contributed by atoms with Crippen molar-refractivity contribution in [3.8, 4) is 0 Å². The molecule has 0 aliphatic rings. The summed E-state index contributed by atoms with van der Waals surface area (Å²) in [4.78, 5) is 37.7. The Kier molecular flexibility index (Phi) is 42.5. The van der Waals surface area contributed by atoms with Gasteiger partial charge in [-0.15, -0.1) is 0 Å². The lowest BCUT2D eigenvalue weighted by Gasteiger charge is -2.18. The molecule has 0 unspecified atom stereocenters. The van der Waals surface area contributed by atoms with Gasteiger partial charge in [0.15, 0.2) is 6.10 Å². The summed E-state index contributed by atoms with van der Waals surface area (Å²) in [7, 11) is 0. The molecule has 56 heavy (non-hydrogen) atoms. The summed E-state index contributed by atoms with van der Waals surface area (Å²) in [5.41, 5.74) is 0. The first-order chi connectivity index (χ1) is 27.5. The number of esters is 3. The zero-order chi connectivity index (χ0) is 40.8. The van der Waals surface area contributed by atoms with Crippen molar-refractivity contribution in [1.82, 2.24) is 0 Å². The Labute approximate surface area is 345 Å². The fraction of sp³-hybridized carbons (Fsp3) is 0.740. The molecule has 6 heteroatoms. The summed E-state index contributed by atoms with van der Waals surface area (Å²) in [5, 5.41) is 0. The van der Waals surface area contributed by atoms with Gasteiger partial charge in [-0.1, -0.05) is 178 Å². The molecule has 0 bridgehead atoms. The van der Waals surface area contributed by atoms with Gasteiger partial charge in [0.05, 0.1) is 0 Å². The normalized spacial score (nSPS) is 12.6. The maximum absolute atomic E-state index is 12.7. The molecule has 0 spiro atoms. The number of hydrogen-bond donors (Lipinski definition) is 0. The van der Waals surface area contributed by atoms with Crippen molar-refractivity contribution in [1.29, 1.82) is 0 Å². The predicted octanol–water partition coefficient (Wildman–Crippen LogP) is 14.9. The second-order valence-corrected chi connectivity index (χ2v) is 15.3. The van der Waals surface area contributed by atoms with Crippen LogP contribution in [0.15, 0.2) is 60.8 Å². The van der Waals surface area contributed by atoms with E-state index < -0.39 is 6.10 Å². The summed E-state index contributed by atoms with van der Waals surface area (Å²) in [6.07, 6.45) is 53.5. The minimum absolute atomic E-state index is 0.0938. The molecule has 6 nitrogen and oxygen atoms in total. The van der Waals surface area contributed by atoms with Crippen LogP contribution >= 0.6 is 0 Å². The van der Waals surface area contributed by atoms with Gasteiger partial charge >= 0.3 is 17.9 Å². The van der Waals surface area contributed by atoms with Crippen LogP contribution in [0.3, 0.4) is 0 Å². The Hall–Kier alpha value is -2.89. The average molecular weight is 783 g/mol. The lowest BCUT2D eigenvalue weighted by Crippen LogP contribution is -2.30. The zero-order valence-corrected chi connectivity index (χ0v) is 36.6. The highest BCUT2D eigenvalue weighted by atomic mass is 16.6. The highest BCUT2D eigenvalue weighted by Gasteiger charge is 2.19. The zero-order valence-electron chi connectivity index (χ0n) is 36.6. The molecule has 0 aromatic carbocycles. The van der Waals surface area contributed by atoms with Crippen molar-refractivity contribution in [3.63, 3.8) is 0 Å². The van der Waals surface area contributed by atoms with Gasteiger partial charge in [-0.25, -0.2) is 0 Å². The van der Waals surface area contributed by atoms with E-state index in [0.717, 1.165) is 77.0 Å². The van der Waals surface area contributed by atoms with E-state index in [2.05, 4.69) is 81.5 Å². The lowest BCUT2D eigenvalue weighted by atomic mass is 10.1. The molecule has 0 heterocycles. The van der Waals surface area contributed by atoms with Crippen molar-refractivity contribution >= 4 is 17.9 Å². The number of hydrogen-bond acceptors (Lipinski definition) is 6. The Morgan fingerprint density at radius 1 is 0.357 bits per heavy atom. The van der Waals surface area contributed by atoms with Gasteiger partial charge in [0.25, 0.3) is 0 Å². The largest absolute Gasteiger partial charge is 0.462 e. The molecular weight excluding hydrogens is 697 g/mol. The molecule has 0 aromatic rings. The SMILES string of the molecule is CCCCC/C=C\C/C=C\C/C=C\C/C=C\CCCC(=O)OC[C@@H](COC(=O)CCCCCCCCCCC)OC(=O)CCCCCCC/C=C\CCCCC. The summed E-state index contributed by atoms with van der Waals surface area (Å²) < 4.78 is 16.6. The number of rotatable bonds is 41. The second-order valence-electron chi connectivity index (χ2n) is 15.3. The van der Waals surface area contributed by atoms with E-state index in [4.69, 9.17) is 14.2 Å². The maximum atomic E-state index is 12.7. The van der Waals surface area contributed by atoms with Crippen molar-refractivity contribution < 1.29 is 28.6 Å². The Morgan fingerprint density at radius 2 is 0.661 bits per heavy atom. The lowest BCUT2D eigenvalue weighted by molar-refractivity contribution is -0.167. The molecule has 1 atom stereocenters. The minimum atomic E-state index is -0.795. The predicted molar refractivity (Wildman–Crippen MR) is 238 cm³/mol. The van der Waals surface area contributed by atoms with E-state index in [0.29, 0.717) is 19.3 Å². The highest BCUT2D eigenvalue weighted by Crippen LogP contribution is 2.13. The Morgan fingerprint density at radius 3 is 1.12 bits per heavy atom. The molecule has 322 valence electrons. The molecular formula is C50H86O6. The van der Waals surface area contributed by atoms with Crippen LogP contribution in [0.25, 0.3) is 0 Å². The fourth-order valence-electron chi connectivity index (χ4n) is 6.19. The first kappa shape index (κ1) is 53.1. The molecule has 0 amide bonds. The quantitative estimate of drug-likeness (QED) is 0.0266. The van der Waals surface area contributed by atoms with E-state index >= 15 is 0 Å². The van der Waals surface area contributed by atoms with E-state index in [1.54, 1.807) is 0 Å². The van der Waals surface area contributed by atoms with Gasteiger partial charge in [0, 0.05) is 19.3 Å². The topological polar surface area (TPSA) is 78.9 Å². The molecule has 0 radical (unpaired) electrons. The molecule has 0 fully saturated rings. The van der Waals surface area contributed by atoms with Gasteiger partial charge < -0.3 is 14.2 Å². The first-order valence-corrected chi connectivity index (χ1v) is 23.3. The van der Waals surface area contributed by atoms with Crippen LogP contribution < -0.4 is 0 Å². The smallest absolute Gasteiger partial charge is 0.306 e. The molecule has 0 rings (SSSR count). The van der Waals surface area contributed by atoms with Crippen LogP contribution in [0.2, 0.25) is 0 Å². The standard InChI is InChI=1S/C50H86O6/c1-4-7-10-13-16-19-21-23-24-25-26-27-29-31-34-37-40-43-49(52)55-46-47(45-54-48(51)42-39-36-33-30-18-15-12-9-6-3)56-50(53)44-41-38-35-32-28-22-20-17-14-11-8-5-2/h16-17,19-20,23-24,26-27,31,34,47H,4-15,18,21-22,25,28-30,32-33,35-46H2,1-3H3/b19-16-,20-17-,24-23-,27-26-,34-31-/t47-/m1/s1. The van der Waals surface area contributed by atoms with E-state index in [-0.39, 0.29) is 37.5 Å². The molecule has 0 aliphatic carbocycles. The van der Waals surface area contributed by atoms with Crippen molar-refractivity contribution in [2.24, 2.45) is 0 Å². The molecule has 0 N–H and O–H groups in total. The maximum Gasteiger partial charge on any atom is 0.306 e. The summed E-state index contributed by atoms with van der Waals surface area (Å²) in [5.74, 6) is -0.967. The monoisotopic (exact) mass is 783 g/mol. The van der Waals surface area contributed by atoms with Crippen LogP contribution in [0.1, 0.15) is 220 Å². The van der Waals surface area contributed by atoms with Crippen LogP contribution in [0, 0.1) is 0 Å². The fourth-order valence-corrected chi connectivity index (χ4v) is 6.19. The van der Waals surface area contributed by atoms with Crippen molar-refractivity contribution in [3.05, 3.63) is 60.8 Å². The molecule has 0 aliphatic heterocycles. The average Bonchev–Trinajstić information content (AvgIpc) is 3.19. The van der Waals surface area contributed by atoms with E-state index in [1.165, 1.54) is 96.3 Å². The summed E-state index contributed by atoms with van der Waals surface area (Å²) in [6, 6.07) is 0. The van der Waals surface area contributed by atoms with Crippen LogP contribution in [0.5, 0.6) is 0 Å². The second kappa shape index (κ2) is 44.8. The van der Waals surface area contributed by atoms with Crippen LogP contribution in [0.4, 0.5) is 0 Å². The van der Waals surface area contributed by atoms with Gasteiger partial charge in [-0.3, -0.25) is 14.4 Å². The number of carbonyl (C=O) groups is 3. The number of allylic oxidation sites excluding steroid dienone is 10. The third-order valence-electron chi connectivity index (χ3n) is 9.74. The molecule has 0 saturated heterocycles. The third kappa shape index (κ3) is 42.3. The summed E-state index contributed by atoms with van der Waals surface area (Å²) in [6.45, 7) is 6.49. The summed E-state index contributed by atoms with van der Waals surface area (Å²) >= 11 is 0. The van der Waals surface area contributed by atoms with E-state index in [1.807, 2.05) is 0 Å². The van der Waals surface area contributed by atoms with Crippen molar-refractivity contribution in [2.75, 3.05) is 13.2 Å². The van der Waals surface area contributed by atoms with Crippen LogP contribution in [-0.4, -0.2) is 37.2 Å². The van der Waals surface area contributed by atoms with Gasteiger partial charge in [-0.2, -0.15) is 0 Å². The van der Waals surface area contributed by atoms with Crippen molar-refractivity contribution in [2.45, 2.75) is 226 Å². The molecule has 0 aromatic heterocycles. The Balaban J connectivity index is 4.45. The first-order valence-electron chi connectivity index (χ1n) is 23.3. The minimum Gasteiger partial charge on any atom is -0.462 e. The number of unbranched alkanes of at least 4 members (excludes halogenated alkanes) is 20. The molecule has 0 saturated carbocycles. The van der Waals surface area contributed by atoms with Crippen LogP contribution in [-0.2, 0) is 28.6 Å². The van der Waals surface area contributed by atoms with Gasteiger partial charge in [-0.05, 0) is 83.5 Å². The number of ether oxygens (including phenoxy) is 3. The van der Waals surface area contributed by atoms with Gasteiger partial charge in [0.2, 0.25) is 0 Å². The highest BCUT2D eigenvalue weighted by molar-refractivity contribution is 5.71. The van der Waals surface area contributed by atoms with E-state index in [9.17, 15) is 14.4 Å². The third-order valence-corrected chi connectivity index (χ3v) is 9.74. The Bertz CT molecular complexity index is 1040. The van der Waals surface area contributed by atoms with Gasteiger partial charge in [0.1, 0.15) is 13.2 Å².